The highest BCUT2D eigenvalue weighted by Crippen LogP contribution is 2.34. The third-order valence-corrected chi connectivity index (χ3v) is 4.50. The minimum absolute atomic E-state index is 0.340. The predicted molar refractivity (Wildman–Crippen MR) is 83.7 cm³/mol. The molecule has 0 saturated carbocycles. The molecule has 2 unspecified atom stereocenters. The van der Waals surface area contributed by atoms with Gasteiger partial charge in [0.25, 0.3) is 0 Å². The number of benzene rings is 1. The molecule has 4 heteroatoms. The van der Waals surface area contributed by atoms with Gasteiger partial charge in [0.05, 0.1) is 6.61 Å². The number of hydrogen-bond donors (Lipinski definition) is 1. The van der Waals surface area contributed by atoms with Gasteiger partial charge in [-0.3, -0.25) is 0 Å². The maximum Gasteiger partial charge on any atom is 0.0512 e. The Morgan fingerprint density at radius 1 is 1.53 bits per heavy atom. The number of ether oxygens (including phenoxy) is 1. The lowest BCUT2D eigenvalue weighted by Crippen LogP contribution is -2.34. The van der Waals surface area contributed by atoms with E-state index in [-0.39, 0.29) is 0 Å². The summed E-state index contributed by atoms with van der Waals surface area (Å²) in [7, 11) is 0. The first-order valence-electron chi connectivity index (χ1n) is 6.98. The average molecular weight is 347 g/mol. The monoisotopic (exact) mass is 345 g/mol. The van der Waals surface area contributed by atoms with Crippen molar-refractivity contribution in [2.45, 2.75) is 32.2 Å². The van der Waals surface area contributed by atoms with E-state index >= 15 is 0 Å². The number of halogens is 2. The number of hydrogen-bond acceptors (Lipinski definition) is 2. The molecule has 106 valence electrons. The van der Waals surface area contributed by atoms with Crippen molar-refractivity contribution < 1.29 is 4.74 Å². The van der Waals surface area contributed by atoms with Crippen LogP contribution < -0.4 is 5.32 Å². The second-order valence-corrected chi connectivity index (χ2v) is 6.37. The van der Waals surface area contributed by atoms with Gasteiger partial charge in [0, 0.05) is 28.1 Å². The summed E-state index contributed by atoms with van der Waals surface area (Å²) in [5.74, 6) is 0.540. The van der Waals surface area contributed by atoms with Gasteiger partial charge in [0.2, 0.25) is 0 Å². The van der Waals surface area contributed by atoms with Crippen molar-refractivity contribution in [2.24, 2.45) is 5.92 Å². The topological polar surface area (TPSA) is 21.3 Å². The Hall–Kier alpha value is -0.0900. The Morgan fingerprint density at radius 2 is 2.37 bits per heavy atom. The lowest BCUT2D eigenvalue weighted by molar-refractivity contribution is 0.0389. The second kappa shape index (κ2) is 7.63. The Bertz CT molecular complexity index is 407. The van der Waals surface area contributed by atoms with Crippen LogP contribution in [-0.4, -0.2) is 19.8 Å². The first-order valence-corrected chi connectivity index (χ1v) is 8.15. The average Bonchev–Trinajstić information content (AvgIpc) is 2.42. The molecular weight excluding hydrogens is 326 g/mol. The van der Waals surface area contributed by atoms with E-state index in [1.807, 2.05) is 12.1 Å². The molecule has 0 spiro atoms. The normalized spacial score (nSPS) is 21.3. The summed E-state index contributed by atoms with van der Waals surface area (Å²) in [5, 5.41) is 4.43. The van der Waals surface area contributed by atoms with Crippen molar-refractivity contribution in [3.8, 4) is 0 Å². The summed E-state index contributed by atoms with van der Waals surface area (Å²) in [6, 6.07) is 6.40. The van der Waals surface area contributed by atoms with Crippen molar-refractivity contribution in [3.05, 3.63) is 33.3 Å². The van der Waals surface area contributed by atoms with Gasteiger partial charge in [0.15, 0.2) is 0 Å². The Balaban J connectivity index is 2.19. The molecule has 2 atom stereocenters. The zero-order valence-electron chi connectivity index (χ0n) is 11.3. The molecule has 1 aliphatic heterocycles. The van der Waals surface area contributed by atoms with E-state index in [1.54, 1.807) is 0 Å². The van der Waals surface area contributed by atoms with Crippen molar-refractivity contribution in [1.82, 2.24) is 5.32 Å². The fourth-order valence-electron chi connectivity index (χ4n) is 2.61. The van der Waals surface area contributed by atoms with Crippen LogP contribution in [0.3, 0.4) is 0 Å². The van der Waals surface area contributed by atoms with E-state index in [9.17, 15) is 0 Å². The second-order valence-electron chi connectivity index (χ2n) is 5.07. The number of rotatable bonds is 5. The van der Waals surface area contributed by atoms with E-state index in [0.29, 0.717) is 12.0 Å². The van der Waals surface area contributed by atoms with Crippen molar-refractivity contribution >= 4 is 27.5 Å². The highest BCUT2D eigenvalue weighted by molar-refractivity contribution is 9.10. The highest BCUT2D eigenvalue weighted by Gasteiger charge is 2.26. The Morgan fingerprint density at radius 3 is 3.00 bits per heavy atom. The minimum Gasteiger partial charge on any atom is -0.381 e. The lowest BCUT2D eigenvalue weighted by atomic mass is 9.88. The van der Waals surface area contributed by atoms with Gasteiger partial charge in [-0.15, -0.1) is 0 Å². The van der Waals surface area contributed by atoms with Crippen LogP contribution in [0.4, 0.5) is 0 Å². The molecule has 2 nitrogen and oxygen atoms in total. The molecule has 1 N–H and O–H groups in total. The molecule has 0 aliphatic carbocycles. The van der Waals surface area contributed by atoms with Crippen LogP contribution in [0.1, 0.15) is 37.8 Å². The molecule has 0 aromatic heterocycles. The van der Waals surface area contributed by atoms with Gasteiger partial charge >= 0.3 is 0 Å². The van der Waals surface area contributed by atoms with E-state index < -0.39 is 0 Å². The van der Waals surface area contributed by atoms with Crippen LogP contribution in [0.2, 0.25) is 5.02 Å². The SMILES string of the molecule is CCCNC(c1ccc(Cl)cc1Br)C1CCCOC1. The van der Waals surface area contributed by atoms with Gasteiger partial charge < -0.3 is 10.1 Å². The van der Waals surface area contributed by atoms with Crippen LogP contribution in [0.25, 0.3) is 0 Å². The van der Waals surface area contributed by atoms with E-state index in [0.717, 1.165) is 42.1 Å². The predicted octanol–water partition coefficient (Wildman–Crippen LogP) is 4.57. The first kappa shape index (κ1) is 15.3. The number of nitrogens with one attached hydrogen (secondary N) is 1. The molecule has 1 saturated heterocycles. The van der Waals surface area contributed by atoms with Crippen LogP contribution in [-0.2, 0) is 4.74 Å². The lowest BCUT2D eigenvalue weighted by Gasteiger charge is -2.32. The summed E-state index contributed by atoms with van der Waals surface area (Å²) in [6.07, 6.45) is 3.51. The zero-order valence-corrected chi connectivity index (χ0v) is 13.6. The molecule has 1 heterocycles. The minimum atomic E-state index is 0.340. The van der Waals surface area contributed by atoms with Crippen molar-refractivity contribution in [3.63, 3.8) is 0 Å². The quantitative estimate of drug-likeness (QED) is 0.843. The molecule has 1 aliphatic rings. The summed E-state index contributed by atoms with van der Waals surface area (Å²) in [6.45, 7) is 4.96. The maximum atomic E-state index is 6.04. The third kappa shape index (κ3) is 4.19. The van der Waals surface area contributed by atoms with Gasteiger partial charge in [0.1, 0.15) is 0 Å². The Kier molecular flexibility index (Phi) is 6.14. The van der Waals surface area contributed by atoms with E-state index in [4.69, 9.17) is 16.3 Å². The summed E-state index contributed by atoms with van der Waals surface area (Å²) in [5.41, 5.74) is 1.29. The first-order chi connectivity index (χ1) is 9.22. The fraction of sp³-hybridized carbons (Fsp3) is 0.600. The molecule has 0 bridgehead atoms. The van der Waals surface area contributed by atoms with Crippen LogP contribution in [0.15, 0.2) is 22.7 Å². The standard InChI is InChI=1S/C15H21BrClNO/c1-2-7-18-15(11-4-3-8-19-10-11)13-6-5-12(17)9-14(13)16/h5-6,9,11,15,18H,2-4,7-8,10H2,1H3. The molecule has 2 rings (SSSR count). The smallest absolute Gasteiger partial charge is 0.0512 e. The molecule has 19 heavy (non-hydrogen) atoms. The van der Waals surface area contributed by atoms with Gasteiger partial charge in [-0.25, -0.2) is 0 Å². The van der Waals surface area contributed by atoms with Crippen LogP contribution in [0.5, 0.6) is 0 Å². The van der Waals surface area contributed by atoms with Crippen molar-refractivity contribution in [1.29, 1.82) is 0 Å². The van der Waals surface area contributed by atoms with Gasteiger partial charge in [-0.05, 0) is 43.5 Å². The summed E-state index contributed by atoms with van der Waals surface area (Å²) in [4.78, 5) is 0. The highest BCUT2D eigenvalue weighted by atomic mass is 79.9. The Labute approximate surface area is 129 Å². The summed E-state index contributed by atoms with van der Waals surface area (Å²) < 4.78 is 6.73. The van der Waals surface area contributed by atoms with Gasteiger partial charge in [-0.1, -0.05) is 40.5 Å². The fourth-order valence-corrected chi connectivity index (χ4v) is 3.54. The van der Waals surface area contributed by atoms with Gasteiger partial charge in [-0.2, -0.15) is 0 Å². The van der Waals surface area contributed by atoms with Crippen LogP contribution >= 0.6 is 27.5 Å². The van der Waals surface area contributed by atoms with E-state index in [2.05, 4.69) is 34.2 Å². The molecular formula is C15H21BrClNO. The van der Waals surface area contributed by atoms with E-state index in [1.165, 1.54) is 12.0 Å². The maximum absolute atomic E-state index is 6.04. The molecule has 1 fully saturated rings. The third-order valence-electron chi connectivity index (χ3n) is 3.58. The molecule has 1 aromatic rings. The van der Waals surface area contributed by atoms with Crippen molar-refractivity contribution in [2.75, 3.05) is 19.8 Å². The molecule has 0 amide bonds. The summed E-state index contributed by atoms with van der Waals surface area (Å²) >= 11 is 9.68. The largest absolute Gasteiger partial charge is 0.381 e. The zero-order chi connectivity index (χ0) is 13.7. The van der Waals surface area contributed by atoms with Crippen LogP contribution in [0, 0.1) is 5.92 Å². The molecule has 0 radical (unpaired) electrons. The molecule has 1 aromatic carbocycles.